The highest BCUT2D eigenvalue weighted by molar-refractivity contribution is 8.26. The fourth-order valence-corrected chi connectivity index (χ4v) is 4.90. The van der Waals surface area contributed by atoms with Crippen LogP contribution in [0.25, 0.3) is 0 Å². The van der Waals surface area contributed by atoms with Gasteiger partial charge in [-0.25, -0.2) is 9.10 Å². The van der Waals surface area contributed by atoms with Crippen LogP contribution in [0.5, 0.6) is 0 Å². The summed E-state index contributed by atoms with van der Waals surface area (Å²) in [6.07, 6.45) is 4.78. The van der Waals surface area contributed by atoms with Gasteiger partial charge in [0, 0.05) is 12.6 Å². The summed E-state index contributed by atoms with van der Waals surface area (Å²) < 4.78 is 2.20. The average Bonchev–Trinajstić information content (AvgIpc) is 1.97. The van der Waals surface area contributed by atoms with Crippen LogP contribution in [0, 0.1) is 5.92 Å². The van der Waals surface area contributed by atoms with Crippen LogP contribution in [0.3, 0.4) is 0 Å². The maximum Gasteiger partial charge on any atom is 0.373 e. The quantitative estimate of drug-likeness (QED) is 0.606. The molecule has 0 amide bonds. The van der Waals surface area contributed by atoms with E-state index in [4.69, 9.17) is 5.11 Å². The Morgan fingerprint density at radius 3 is 2.85 bits per heavy atom. The Bertz CT molecular complexity index is 313. The molecule has 3 unspecified atom stereocenters. The predicted octanol–water partition coefficient (Wildman–Crippen LogP) is 1.91. The average molecular weight is 199 g/mol. The van der Waals surface area contributed by atoms with E-state index < -0.39 is 16.0 Å². The van der Waals surface area contributed by atoms with Gasteiger partial charge in [0.15, 0.2) is 0 Å². The normalized spacial score (nSPS) is 42.8. The Labute approximate surface area is 79.8 Å². The minimum atomic E-state index is -0.593. The second-order valence-corrected chi connectivity index (χ2v) is 5.98. The molecule has 3 rings (SSSR count). The molecular formula is C9H13NO2S. The van der Waals surface area contributed by atoms with Crippen molar-refractivity contribution in [1.29, 1.82) is 0 Å². The Morgan fingerprint density at radius 2 is 2.38 bits per heavy atom. The molecule has 1 aliphatic carbocycles. The third-order valence-corrected chi connectivity index (χ3v) is 5.80. The summed E-state index contributed by atoms with van der Waals surface area (Å²) in [7, 11) is -0.506. The lowest BCUT2D eigenvalue weighted by Gasteiger charge is -2.51. The van der Waals surface area contributed by atoms with Crippen molar-refractivity contribution in [2.45, 2.75) is 31.7 Å². The van der Waals surface area contributed by atoms with Crippen molar-refractivity contribution < 1.29 is 9.90 Å². The van der Waals surface area contributed by atoms with E-state index in [1.54, 1.807) is 0 Å². The maximum absolute atomic E-state index is 11.1. The summed E-state index contributed by atoms with van der Waals surface area (Å²) >= 11 is 0. The molecule has 13 heavy (non-hydrogen) atoms. The number of hydrogen-bond acceptors (Lipinski definition) is 2. The first kappa shape index (κ1) is 8.00. The van der Waals surface area contributed by atoms with Gasteiger partial charge in [0.2, 0.25) is 0 Å². The molecule has 3 atom stereocenters. The van der Waals surface area contributed by atoms with Crippen LogP contribution >= 0.6 is 10.7 Å². The van der Waals surface area contributed by atoms with E-state index in [9.17, 15) is 4.79 Å². The van der Waals surface area contributed by atoms with Gasteiger partial charge in [0.25, 0.3) is 0 Å². The van der Waals surface area contributed by atoms with Crippen molar-refractivity contribution in [3.8, 4) is 0 Å². The van der Waals surface area contributed by atoms with Gasteiger partial charge in [-0.1, -0.05) is 0 Å². The third kappa shape index (κ3) is 0.958. The van der Waals surface area contributed by atoms with Crippen LogP contribution in [-0.2, 0) is 0 Å². The number of nitrogens with zero attached hydrogens (tertiary/aromatic N) is 1. The minimum absolute atomic E-state index is 0.506. The number of carbonyl (C=O) groups is 1. The van der Waals surface area contributed by atoms with Crippen LogP contribution in [0.2, 0.25) is 0 Å². The molecule has 3 aliphatic rings. The second-order valence-electron chi connectivity index (χ2n) is 4.07. The first-order valence-corrected chi connectivity index (χ1v) is 6.05. The van der Waals surface area contributed by atoms with Crippen molar-refractivity contribution in [1.82, 2.24) is 4.31 Å². The summed E-state index contributed by atoms with van der Waals surface area (Å²) in [5.41, 5.74) is 0. The summed E-state index contributed by atoms with van der Waals surface area (Å²) in [5.74, 6) is 0.668. The molecule has 1 saturated heterocycles. The van der Waals surface area contributed by atoms with Crippen molar-refractivity contribution in [3.63, 3.8) is 0 Å². The zero-order valence-corrected chi connectivity index (χ0v) is 8.22. The Hall–Kier alpha value is -0.350. The second kappa shape index (κ2) is 2.58. The topological polar surface area (TPSA) is 40.5 Å². The number of fused-ring (bicyclic) bond motifs is 2. The highest BCUT2D eigenvalue weighted by atomic mass is 32.2. The molecule has 3 nitrogen and oxygen atoms in total. The van der Waals surface area contributed by atoms with Crippen LogP contribution in [0.15, 0.2) is 0 Å². The summed E-state index contributed by atoms with van der Waals surface area (Å²) in [4.78, 5) is 12.4. The molecule has 0 radical (unpaired) electrons. The van der Waals surface area contributed by atoms with Crippen molar-refractivity contribution in [2.75, 3.05) is 6.54 Å². The van der Waals surface area contributed by atoms with Gasteiger partial charge in [0.05, 0.1) is 0 Å². The number of carboxylic acid groups (broad SMARTS) is 1. The molecule has 2 aliphatic heterocycles. The number of rotatable bonds is 0. The van der Waals surface area contributed by atoms with Crippen LogP contribution < -0.4 is 0 Å². The van der Waals surface area contributed by atoms with E-state index in [1.165, 1.54) is 24.1 Å². The molecule has 0 aromatic rings. The fraction of sp³-hybridized carbons (Fsp3) is 0.778. The first-order valence-electron chi connectivity index (χ1n) is 4.87. The lowest BCUT2D eigenvalue weighted by Crippen LogP contribution is -2.53. The SMILES string of the molecule is O=C(O)S1=C2CCC2CC2CCN21. The monoisotopic (exact) mass is 199 g/mol. The minimum Gasteiger partial charge on any atom is -0.473 e. The lowest BCUT2D eigenvalue weighted by molar-refractivity contribution is 0.175. The van der Waals surface area contributed by atoms with E-state index in [0.29, 0.717) is 12.0 Å². The van der Waals surface area contributed by atoms with Gasteiger partial charge in [-0.15, -0.1) is 0 Å². The molecule has 72 valence electrons. The van der Waals surface area contributed by atoms with E-state index in [2.05, 4.69) is 4.31 Å². The van der Waals surface area contributed by atoms with Gasteiger partial charge in [-0.05, 0) is 47.1 Å². The highest BCUT2D eigenvalue weighted by Gasteiger charge is 2.45. The molecule has 0 aromatic heterocycles. The van der Waals surface area contributed by atoms with Gasteiger partial charge in [-0.3, -0.25) is 0 Å². The molecule has 1 saturated carbocycles. The predicted molar refractivity (Wildman–Crippen MR) is 53.1 cm³/mol. The smallest absolute Gasteiger partial charge is 0.373 e. The standard InChI is InChI=1S/C9H13NO2S/c11-9(12)13-8-2-1-6(8)5-7-3-4-10(7)13/h6-7H,1-5H2,(H,11,12). The Balaban J connectivity index is 2.01. The van der Waals surface area contributed by atoms with E-state index in [-0.39, 0.29) is 0 Å². The zero-order chi connectivity index (χ0) is 9.00. The number of hydrogen-bond donors (Lipinski definition) is 1. The maximum atomic E-state index is 11.1. The largest absolute Gasteiger partial charge is 0.473 e. The molecule has 2 fully saturated rings. The van der Waals surface area contributed by atoms with Crippen LogP contribution in [0.4, 0.5) is 4.79 Å². The molecular weight excluding hydrogens is 186 g/mol. The van der Waals surface area contributed by atoms with Crippen molar-refractivity contribution in [3.05, 3.63) is 0 Å². The van der Waals surface area contributed by atoms with E-state index >= 15 is 0 Å². The molecule has 1 N–H and O–H groups in total. The molecule has 0 aromatic carbocycles. The van der Waals surface area contributed by atoms with Crippen molar-refractivity contribution >= 4 is 20.8 Å². The van der Waals surface area contributed by atoms with Gasteiger partial charge in [-0.2, -0.15) is 0 Å². The zero-order valence-electron chi connectivity index (χ0n) is 7.40. The first-order chi connectivity index (χ1) is 6.27. The summed E-state index contributed by atoms with van der Waals surface area (Å²) in [5, 5.41) is 8.54. The molecule has 2 heterocycles. The Morgan fingerprint density at radius 1 is 1.54 bits per heavy atom. The Kier molecular flexibility index (Phi) is 1.58. The van der Waals surface area contributed by atoms with Gasteiger partial charge in [0.1, 0.15) is 0 Å². The lowest BCUT2D eigenvalue weighted by atomic mass is 9.78. The summed E-state index contributed by atoms with van der Waals surface area (Å²) in [6, 6.07) is 0.605. The third-order valence-electron chi connectivity index (χ3n) is 3.49. The van der Waals surface area contributed by atoms with Gasteiger partial charge >= 0.3 is 5.30 Å². The van der Waals surface area contributed by atoms with Gasteiger partial charge < -0.3 is 5.11 Å². The molecule has 4 heteroatoms. The molecule has 0 bridgehead atoms. The highest BCUT2D eigenvalue weighted by Crippen LogP contribution is 2.48. The summed E-state index contributed by atoms with van der Waals surface area (Å²) in [6.45, 7) is 1.01. The molecule has 0 spiro atoms. The van der Waals surface area contributed by atoms with Crippen LogP contribution in [0.1, 0.15) is 25.7 Å². The van der Waals surface area contributed by atoms with E-state index in [0.717, 1.165) is 13.0 Å². The van der Waals surface area contributed by atoms with E-state index in [1.807, 2.05) is 0 Å². The van der Waals surface area contributed by atoms with Crippen molar-refractivity contribution in [2.24, 2.45) is 5.92 Å². The fourth-order valence-electron chi connectivity index (χ4n) is 2.55. The van der Waals surface area contributed by atoms with Crippen LogP contribution in [-0.4, -0.2) is 32.2 Å².